The van der Waals surface area contributed by atoms with E-state index in [1.165, 1.54) is 25.7 Å². The molecule has 0 aromatic carbocycles. The van der Waals surface area contributed by atoms with Gasteiger partial charge in [0.1, 0.15) is 6.61 Å². The number of carbonyl (C=O) groups is 2. The molecular weight excluding hydrogens is 1270 g/mol. The summed E-state index contributed by atoms with van der Waals surface area (Å²) in [4.78, 5) is 35.4. The van der Waals surface area contributed by atoms with Crippen molar-refractivity contribution >= 4 is 19.8 Å². The molecule has 0 saturated heterocycles. The summed E-state index contributed by atoms with van der Waals surface area (Å²) in [6, 6.07) is 0. The van der Waals surface area contributed by atoms with Crippen molar-refractivity contribution < 1.29 is 37.6 Å². The highest BCUT2D eigenvalue weighted by Gasteiger charge is 2.26. The maximum atomic E-state index is 12.8. The Kier molecular flexibility index (Phi) is 76.8. The molecule has 0 saturated carbocycles. The third kappa shape index (κ3) is 82.1. The SMILES string of the molecule is CC/C=C\C/C=C\C/C=C\C/C=C\C/C=C\C/C=C\C/C=C\C/C=C\C/C=C\C/C=C\C/C=C\C/C=C\CCCCCCC(=O)OC(COC(=O)CCCCCCCCCC/C=C\C/C=C\C/C=C\C/C=C\C/C=C\C/C=C\C/C=C\C/C=C\C/C=C\C/C=C\CC)COP(=O)(O)OCCN. The zero-order chi connectivity index (χ0) is 72.9. The van der Waals surface area contributed by atoms with Gasteiger partial charge in [0.2, 0.25) is 0 Å². The molecule has 0 heterocycles. The van der Waals surface area contributed by atoms with E-state index in [1.54, 1.807) is 0 Å². The van der Waals surface area contributed by atoms with E-state index in [0.717, 1.165) is 193 Å². The molecule has 0 aliphatic carbocycles. The summed E-state index contributed by atoms with van der Waals surface area (Å²) >= 11 is 0. The van der Waals surface area contributed by atoms with Gasteiger partial charge in [0, 0.05) is 19.4 Å². The number of hydrogen-bond donors (Lipinski definition) is 2. The molecule has 2 unspecified atom stereocenters. The summed E-state index contributed by atoms with van der Waals surface area (Å²) in [6.07, 6.45) is 133. The van der Waals surface area contributed by atoms with Crippen molar-refractivity contribution in [3.8, 4) is 0 Å². The van der Waals surface area contributed by atoms with Crippen molar-refractivity contribution in [1.82, 2.24) is 0 Å². The summed E-state index contributed by atoms with van der Waals surface area (Å²) in [7, 11) is -4.43. The molecule has 101 heavy (non-hydrogen) atoms. The molecule has 2 atom stereocenters. The third-order valence-electron chi connectivity index (χ3n) is 15.1. The number of carbonyl (C=O) groups excluding carboxylic acids is 2. The lowest BCUT2D eigenvalue weighted by atomic mass is 10.1. The molecule has 560 valence electrons. The average molecular weight is 1410 g/mol. The quantitative estimate of drug-likeness (QED) is 0.0264. The number of phosphoric ester groups is 1. The molecule has 0 radical (unpaired) electrons. The molecule has 0 bridgehead atoms. The Bertz CT molecular complexity index is 2670. The molecule has 0 fully saturated rings. The van der Waals surface area contributed by atoms with Gasteiger partial charge in [-0.3, -0.25) is 18.6 Å². The van der Waals surface area contributed by atoms with Crippen LogP contribution in [-0.2, 0) is 32.7 Å². The zero-order valence-electron chi connectivity index (χ0n) is 63.0. The minimum absolute atomic E-state index is 0.0335. The number of allylic oxidation sites excluding steroid dienone is 44. The number of esters is 2. The van der Waals surface area contributed by atoms with Crippen LogP contribution in [0.15, 0.2) is 267 Å². The standard InChI is InChI=1S/C91H138NO8P/c1-3-5-7-9-11-13-15-17-19-21-23-25-27-29-31-33-35-37-39-41-43-44-46-48-50-52-54-56-58-60-62-64-66-68-70-72-74-76-78-80-82-84-91(94)100-89(88-99-101(95,96)98-86-85-92)87-97-90(93)83-81-79-77-75-73-71-69-67-65-63-61-59-57-55-53-51-49-47-45-42-40-38-36-34-32-30-28-26-24-22-20-18-16-14-12-10-8-6-4-2/h5-8,11-14,17-20,23-26,29-32,35-38,41-43,45-46,48-49,51-52,54-55,57-58,60-61,63-64,66,70,72,89H,3-4,9-10,15-16,21-22,27-28,33-34,39-40,44,47,50,53,56,59,62,65,67-69,71,73-88,92H2,1-2H3,(H,95,96)/b7-5-,8-6-,13-11-,14-12-,19-17-,20-18-,25-23-,26-24-,31-29-,32-30-,37-35-,38-36-,43-41-,45-42-,48-46-,51-49-,54-52-,57-55-,60-58-,63-61-,66-64-,72-70-. The van der Waals surface area contributed by atoms with E-state index in [4.69, 9.17) is 24.3 Å². The monoisotopic (exact) mass is 1400 g/mol. The Morgan fingerprint density at radius 2 is 0.515 bits per heavy atom. The second kappa shape index (κ2) is 82.2. The molecular formula is C91H138NO8P. The van der Waals surface area contributed by atoms with Crippen LogP contribution in [0.4, 0.5) is 0 Å². The average Bonchev–Trinajstić information content (AvgIpc) is 1.04. The first-order valence-electron chi connectivity index (χ1n) is 38.8. The minimum atomic E-state index is -4.43. The summed E-state index contributed by atoms with van der Waals surface area (Å²) in [6.45, 7) is 3.44. The van der Waals surface area contributed by atoms with Gasteiger partial charge in [0.15, 0.2) is 6.10 Å². The van der Waals surface area contributed by atoms with E-state index >= 15 is 0 Å². The lowest BCUT2D eigenvalue weighted by molar-refractivity contribution is -0.161. The Balaban J connectivity index is 4.06. The number of unbranched alkanes of at least 4 members (excludes halogenated alkanes) is 12. The molecule has 3 N–H and O–H groups in total. The van der Waals surface area contributed by atoms with Gasteiger partial charge in [-0.2, -0.15) is 0 Å². The minimum Gasteiger partial charge on any atom is -0.462 e. The summed E-state index contributed by atoms with van der Waals surface area (Å²) in [5, 5.41) is 0. The smallest absolute Gasteiger partial charge is 0.462 e. The van der Waals surface area contributed by atoms with Crippen molar-refractivity contribution in [2.24, 2.45) is 5.73 Å². The fourth-order valence-corrected chi connectivity index (χ4v) is 10.2. The molecule has 0 rings (SSSR count). The number of ether oxygens (including phenoxy) is 2. The van der Waals surface area contributed by atoms with Gasteiger partial charge in [-0.05, 0) is 180 Å². The van der Waals surface area contributed by atoms with Crippen LogP contribution >= 0.6 is 7.82 Å². The number of nitrogens with two attached hydrogens (primary N) is 1. The van der Waals surface area contributed by atoms with Crippen LogP contribution < -0.4 is 5.73 Å². The highest BCUT2D eigenvalue weighted by Crippen LogP contribution is 2.43. The van der Waals surface area contributed by atoms with Crippen molar-refractivity contribution in [2.45, 2.75) is 264 Å². The Morgan fingerprint density at radius 3 is 0.762 bits per heavy atom. The van der Waals surface area contributed by atoms with E-state index in [1.807, 2.05) is 0 Å². The molecule has 0 aromatic rings. The summed E-state index contributed by atoms with van der Waals surface area (Å²) < 4.78 is 33.2. The molecule has 0 aliphatic rings. The first-order valence-corrected chi connectivity index (χ1v) is 40.3. The second-order valence-electron chi connectivity index (χ2n) is 24.4. The van der Waals surface area contributed by atoms with Crippen LogP contribution in [0.25, 0.3) is 0 Å². The lowest BCUT2D eigenvalue weighted by Gasteiger charge is -2.19. The molecule has 0 aliphatic heterocycles. The Morgan fingerprint density at radius 1 is 0.297 bits per heavy atom. The van der Waals surface area contributed by atoms with Gasteiger partial charge in [-0.1, -0.05) is 333 Å². The second-order valence-corrected chi connectivity index (χ2v) is 25.9. The van der Waals surface area contributed by atoms with E-state index in [2.05, 4.69) is 281 Å². The predicted octanol–water partition coefficient (Wildman–Crippen LogP) is 26.6. The molecule has 10 heteroatoms. The van der Waals surface area contributed by atoms with Crippen LogP contribution in [0.2, 0.25) is 0 Å². The molecule has 0 spiro atoms. The summed E-state index contributed by atoms with van der Waals surface area (Å²) in [5.41, 5.74) is 5.41. The van der Waals surface area contributed by atoms with Crippen LogP contribution in [0.1, 0.15) is 258 Å². The van der Waals surface area contributed by atoms with Crippen LogP contribution in [-0.4, -0.2) is 49.3 Å². The van der Waals surface area contributed by atoms with Crippen molar-refractivity contribution in [2.75, 3.05) is 26.4 Å². The van der Waals surface area contributed by atoms with Gasteiger partial charge in [-0.15, -0.1) is 0 Å². The van der Waals surface area contributed by atoms with Gasteiger partial charge < -0.3 is 20.1 Å². The zero-order valence-corrected chi connectivity index (χ0v) is 63.9. The first kappa shape index (κ1) is 94.3. The van der Waals surface area contributed by atoms with Crippen LogP contribution in [0, 0.1) is 0 Å². The highest BCUT2D eigenvalue weighted by molar-refractivity contribution is 7.47. The summed E-state index contributed by atoms with van der Waals surface area (Å²) in [5.74, 6) is -0.887. The topological polar surface area (TPSA) is 134 Å². The van der Waals surface area contributed by atoms with Gasteiger partial charge >= 0.3 is 19.8 Å². The first-order chi connectivity index (χ1) is 49.8. The van der Waals surface area contributed by atoms with E-state index in [9.17, 15) is 19.0 Å². The number of rotatable bonds is 69. The molecule has 0 amide bonds. The largest absolute Gasteiger partial charge is 0.472 e. The molecule has 9 nitrogen and oxygen atoms in total. The Hall–Kier alpha value is -6.71. The molecule has 0 aromatic heterocycles. The van der Waals surface area contributed by atoms with Crippen molar-refractivity contribution in [1.29, 1.82) is 0 Å². The van der Waals surface area contributed by atoms with Gasteiger partial charge in [0.25, 0.3) is 0 Å². The van der Waals surface area contributed by atoms with Crippen LogP contribution in [0.5, 0.6) is 0 Å². The highest BCUT2D eigenvalue weighted by atomic mass is 31.2. The van der Waals surface area contributed by atoms with Crippen molar-refractivity contribution in [3.05, 3.63) is 267 Å². The fraction of sp³-hybridized carbons (Fsp3) is 0.495. The van der Waals surface area contributed by atoms with Crippen LogP contribution in [0.3, 0.4) is 0 Å². The van der Waals surface area contributed by atoms with E-state index < -0.39 is 32.5 Å². The maximum Gasteiger partial charge on any atom is 0.472 e. The lowest BCUT2D eigenvalue weighted by Crippen LogP contribution is -2.29. The number of phosphoric acid groups is 1. The number of hydrogen-bond acceptors (Lipinski definition) is 8. The Labute approximate surface area is 617 Å². The fourth-order valence-electron chi connectivity index (χ4n) is 9.47. The van der Waals surface area contributed by atoms with Crippen molar-refractivity contribution in [3.63, 3.8) is 0 Å². The van der Waals surface area contributed by atoms with Gasteiger partial charge in [0.05, 0.1) is 13.2 Å². The maximum absolute atomic E-state index is 12.8. The van der Waals surface area contributed by atoms with Gasteiger partial charge in [-0.25, -0.2) is 4.57 Å². The van der Waals surface area contributed by atoms with E-state index in [0.29, 0.717) is 12.8 Å². The third-order valence-corrected chi connectivity index (χ3v) is 16.1. The van der Waals surface area contributed by atoms with E-state index in [-0.39, 0.29) is 32.6 Å². The predicted molar refractivity (Wildman–Crippen MR) is 439 cm³/mol. The normalized spacial score (nSPS) is 14.4.